The molecule has 2 aromatic heterocycles. The van der Waals surface area contributed by atoms with Gasteiger partial charge in [0.2, 0.25) is 0 Å². The van der Waals surface area contributed by atoms with E-state index in [0.717, 1.165) is 37.0 Å². The fraction of sp³-hybridized carbons (Fsp3) is 0.467. The maximum Gasteiger partial charge on any atom is 0.404 e. The minimum absolute atomic E-state index is 0.0233. The van der Waals surface area contributed by atoms with E-state index in [1.54, 1.807) is 12.3 Å². The number of pyridine rings is 1. The molecule has 0 saturated carbocycles. The zero-order valence-electron chi connectivity index (χ0n) is 12.3. The summed E-state index contributed by atoms with van der Waals surface area (Å²) in [4.78, 5) is 26.4. The van der Waals surface area contributed by atoms with Crippen molar-refractivity contribution >= 4 is 34.7 Å². The molecule has 2 N–H and O–H groups in total. The van der Waals surface area contributed by atoms with E-state index in [9.17, 15) is 4.79 Å². The fourth-order valence-electron chi connectivity index (χ4n) is 3.84. The van der Waals surface area contributed by atoms with Gasteiger partial charge in [0.05, 0.1) is 6.20 Å². The third-order valence-corrected chi connectivity index (χ3v) is 4.89. The Morgan fingerprint density at radius 2 is 2.00 bits per heavy atom. The lowest BCUT2D eigenvalue weighted by molar-refractivity contribution is 0.185. The molecular weight excluding hydrogens is 318 g/mol. The highest BCUT2D eigenvalue weighted by Crippen LogP contribution is 2.38. The van der Waals surface area contributed by atoms with Crippen LogP contribution in [0.1, 0.15) is 25.7 Å². The molecule has 2 saturated heterocycles. The molecule has 7 nitrogen and oxygen atoms in total. The van der Waals surface area contributed by atoms with Crippen LogP contribution < -0.4 is 10.2 Å². The smallest absolute Gasteiger partial charge is 0.404 e. The number of halogens is 1. The minimum Gasteiger partial charge on any atom is -0.465 e. The molecule has 3 atom stereocenters. The Hall–Kier alpha value is -2.15. The summed E-state index contributed by atoms with van der Waals surface area (Å²) < 4.78 is 0. The Balaban J connectivity index is 1.61. The van der Waals surface area contributed by atoms with Crippen molar-refractivity contribution in [1.29, 1.82) is 0 Å². The van der Waals surface area contributed by atoms with Crippen molar-refractivity contribution < 1.29 is 9.90 Å². The van der Waals surface area contributed by atoms with Crippen LogP contribution in [0.15, 0.2) is 18.3 Å². The van der Waals surface area contributed by atoms with Crippen molar-refractivity contribution in [3.63, 3.8) is 0 Å². The molecule has 4 rings (SSSR count). The molecule has 2 aliphatic heterocycles. The molecule has 120 valence electrons. The SMILES string of the molecule is O=C(O)N[C@H]1C[C@H]2CC[C@@H](C1)N2c1cnc2nc(Cl)ccc2n1. The molecule has 8 heteroatoms. The summed E-state index contributed by atoms with van der Waals surface area (Å²) in [7, 11) is 0. The van der Waals surface area contributed by atoms with Crippen molar-refractivity contribution in [2.45, 2.75) is 43.8 Å². The van der Waals surface area contributed by atoms with Crippen LogP contribution in [-0.2, 0) is 0 Å². The molecular formula is C15H16ClN5O2. The minimum atomic E-state index is -0.948. The Labute approximate surface area is 137 Å². The Morgan fingerprint density at radius 3 is 2.70 bits per heavy atom. The summed E-state index contributed by atoms with van der Waals surface area (Å²) in [6.07, 6.45) is 4.52. The van der Waals surface area contributed by atoms with Gasteiger partial charge in [-0.05, 0) is 37.8 Å². The number of aromatic nitrogens is 3. The number of fused-ring (bicyclic) bond motifs is 3. The molecule has 2 fully saturated rings. The van der Waals surface area contributed by atoms with Gasteiger partial charge in [0.1, 0.15) is 16.5 Å². The molecule has 2 aliphatic rings. The monoisotopic (exact) mass is 333 g/mol. The molecule has 0 spiro atoms. The molecule has 2 bridgehead atoms. The van der Waals surface area contributed by atoms with Crippen LogP contribution in [0.25, 0.3) is 11.2 Å². The highest BCUT2D eigenvalue weighted by atomic mass is 35.5. The first-order chi connectivity index (χ1) is 11.1. The van der Waals surface area contributed by atoms with Crippen molar-refractivity contribution in [3.8, 4) is 0 Å². The van der Waals surface area contributed by atoms with Crippen molar-refractivity contribution in [2.75, 3.05) is 4.90 Å². The molecule has 4 heterocycles. The van der Waals surface area contributed by atoms with E-state index in [0.29, 0.717) is 22.9 Å². The van der Waals surface area contributed by atoms with Gasteiger partial charge in [-0.3, -0.25) is 0 Å². The van der Waals surface area contributed by atoms with Gasteiger partial charge in [-0.1, -0.05) is 11.6 Å². The molecule has 0 aliphatic carbocycles. The van der Waals surface area contributed by atoms with Crippen LogP contribution >= 0.6 is 11.6 Å². The van der Waals surface area contributed by atoms with Gasteiger partial charge in [-0.2, -0.15) is 0 Å². The number of piperidine rings is 1. The largest absolute Gasteiger partial charge is 0.465 e. The maximum absolute atomic E-state index is 10.9. The summed E-state index contributed by atoms with van der Waals surface area (Å²) in [5, 5.41) is 11.9. The van der Waals surface area contributed by atoms with Gasteiger partial charge in [0.25, 0.3) is 0 Å². The molecule has 0 radical (unpaired) electrons. The van der Waals surface area contributed by atoms with E-state index in [4.69, 9.17) is 16.7 Å². The number of hydrogen-bond donors (Lipinski definition) is 2. The first kappa shape index (κ1) is 14.4. The van der Waals surface area contributed by atoms with Crippen molar-refractivity contribution in [1.82, 2.24) is 20.3 Å². The van der Waals surface area contributed by atoms with Gasteiger partial charge in [0.15, 0.2) is 5.65 Å². The van der Waals surface area contributed by atoms with Crippen molar-refractivity contribution in [3.05, 3.63) is 23.5 Å². The summed E-state index contributed by atoms with van der Waals surface area (Å²) in [6.45, 7) is 0. The average Bonchev–Trinajstić information content (AvgIpc) is 2.77. The number of amides is 1. The summed E-state index contributed by atoms with van der Waals surface area (Å²) >= 11 is 5.88. The third-order valence-electron chi connectivity index (χ3n) is 4.68. The van der Waals surface area contributed by atoms with E-state index in [2.05, 4.69) is 25.2 Å². The fourth-order valence-corrected chi connectivity index (χ4v) is 3.98. The summed E-state index contributed by atoms with van der Waals surface area (Å²) in [5.74, 6) is 0.836. The van der Waals surface area contributed by atoms with E-state index in [1.807, 2.05) is 6.07 Å². The number of carboxylic acid groups (broad SMARTS) is 1. The lowest BCUT2D eigenvalue weighted by Gasteiger charge is -2.39. The van der Waals surface area contributed by atoms with Gasteiger partial charge >= 0.3 is 6.09 Å². The van der Waals surface area contributed by atoms with E-state index >= 15 is 0 Å². The second-order valence-electron chi connectivity index (χ2n) is 6.11. The topological polar surface area (TPSA) is 91.2 Å². The van der Waals surface area contributed by atoms with E-state index in [1.165, 1.54) is 0 Å². The van der Waals surface area contributed by atoms with Gasteiger partial charge in [-0.15, -0.1) is 0 Å². The zero-order valence-corrected chi connectivity index (χ0v) is 13.1. The molecule has 0 unspecified atom stereocenters. The molecule has 23 heavy (non-hydrogen) atoms. The number of carbonyl (C=O) groups is 1. The maximum atomic E-state index is 10.9. The Bertz CT molecular complexity index is 757. The highest BCUT2D eigenvalue weighted by molar-refractivity contribution is 6.29. The number of anilines is 1. The first-order valence-corrected chi connectivity index (χ1v) is 8.05. The predicted octanol–water partition coefficient (Wildman–Crippen LogP) is 2.45. The van der Waals surface area contributed by atoms with Crippen LogP contribution in [0.4, 0.5) is 10.6 Å². The number of rotatable bonds is 2. The van der Waals surface area contributed by atoms with Gasteiger partial charge < -0.3 is 15.3 Å². The quantitative estimate of drug-likeness (QED) is 0.820. The van der Waals surface area contributed by atoms with Crippen molar-refractivity contribution in [2.24, 2.45) is 0 Å². The number of nitrogens with one attached hydrogen (secondary N) is 1. The zero-order chi connectivity index (χ0) is 16.0. The van der Waals surface area contributed by atoms with Crippen LogP contribution in [-0.4, -0.2) is 44.3 Å². The molecule has 2 aromatic rings. The average molecular weight is 334 g/mol. The van der Waals surface area contributed by atoms with Crippen LogP contribution in [0.3, 0.4) is 0 Å². The van der Waals surface area contributed by atoms with Gasteiger partial charge in [0, 0.05) is 18.1 Å². The normalized spacial score (nSPS) is 26.5. The van der Waals surface area contributed by atoms with Gasteiger partial charge in [-0.25, -0.2) is 19.7 Å². The lowest BCUT2D eigenvalue weighted by atomic mass is 9.97. The van der Waals surface area contributed by atoms with Crippen LogP contribution in [0.2, 0.25) is 5.15 Å². The molecule has 1 amide bonds. The third kappa shape index (κ3) is 2.65. The van der Waals surface area contributed by atoms with Crippen LogP contribution in [0, 0.1) is 0 Å². The predicted molar refractivity (Wildman–Crippen MR) is 85.8 cm³/mol. The Kier molecular flexibility index (Phi) is 3.45. The number of hydrogen-bond acceptors (Lipinski definition) is 5. The standard InChI is InChI=1S/C15H16ClN5O2/c16-12-4-3-11-14(20-12)17-7-13(19-11)21-9-1-2-10(21)6-8(5-9)18-15(22)23/h3-4,7-10,18H,1-2,5-6H2,(H,22,23)/t8-,9+,10-. The summed E-state index contributed by atoms with van der Waals surface area (Å²) in [6, 6.07) is 4.16. The lowest BCUT2D eigenvalue weighted by Crippen LogP contribution is -2.50. The summed E-state index contributed by atoms with van der Waals surface area (Å²) in [5.41, 5.74) is 1.26. The second kappa shape index (κ2) is 5.49. The molecule has 0 aromatic carbocycles. The van der Waals surface area contributed by atoms with E-state index in [-0.39, 0.29) is 6.04 Å². The van der Waals surface area contributed by atoms with E-state index < -0.39 is 6.09 Å². The first-order valence-electron chi connectivity index (χ1n) is 7.67. The Morgan fingerprint density at radius 1 is 1.26 bits per heavy atom. The van der Waals surface area contributed by atoms with Crippen LogP contribution in [0.5, 0.6) is 0 Å². The number of nitrogens with zero attached hydrogens (tertiary/aromatic N) is 4. The highest BCUT2D eigenvalue weighted by Gasteiger charge is 2.42. The second-order valence-corrected chi connectivity index (χ2v) is 6.50.